The largest absolute Gasteiger partial charge is 0.457 e. The molecule has 0 spiro atoms. The van der Waals surface area contributed by atoms with Gasteiger partial charge in [-0.05, 0) is 37.1 Å². The highest BCUT2D eigenvalue weighted by atomic mass is 16.6. The number of benzene rings is 2. The van der Waals surface area contributed by atoms with Gasteiger partial charge in [0.2, 0.25) is 5.60 Å². The number of esters is 1. The molecule has 38 heavy (non-hydrogen) atoms. The predicted octanol–water partition coefficient (Wildman–Crippen LogP) is 4.75. The zero-order chi connectivity index (χ0) is 26.4. The van der Waals surface area contributed by atoms with E-state index in [0.717, 1.165) is 22.0 Å². The van der Waals surface area contributed by atoms with E-state index in [1.165, 1.54) is 4.90 Å². The molecule has 0 saturated heterocycles. The first-order valence-electron chi connectivity index (χ1n) is 12.8. The zero-order valence-electron chi connectivity index (χ0n) is 21.3. The van der Waals surface area contributed by atoms with Crippen molar-refractivity contribution in [3.05, 3.63) is 99.3 Å². The van der Waals surface area contributed by atoms with Crippen LogP contribution in [0.15, 0.2) is 71.5 Å². The van der Waals surface area contributed by atoms with Gasteiger partial charge in [-0.3, -0.25) is 4.79 Å². The summed E-state index contributed by atoms with van der Waals surface area (Å²) in [6, 6.07) is 21.2. The van der Waals surface area contributed by atoms with E-state index in [0.29, 0.717) is 42.1 Å². The number of carbonyl (C=O) groups is 2. The van der Waals surface area contributed by atoms with Crippen LogP contribution in [0, 0.1) is 0 Å². The summed E-state index contributed by atoms with van der Waals surface area (Å²) in [5.41, 5.74) is 2.68. The Morgan fingerprint density at radius 1 is 1.08 bits per heavy atom. The zero-order valence-corrected chi connectivity index (χ0v) is 21.3. The number of hydrogen-bond acceptors (Lipinski definition) is 6. The van der Waals surface area contributed by atoms with Crippen LogP contribution in [0.25, 0.3) is 22.3 Å². The molecule has 0 fully saturated rings. The molecule has 192 valence electrons. The number of amides is 1. The quantitative estimate of drug-likeness (QED) is 0.318. The van der Waals surface area contributed by atoms with Crippen molar-refractivity contribution in [2.75, 3.05) is 6.54 Å². The van der Waals surface area contributed by atoms with Gasteiger partial charge in [0.1, 0.15) is 6.61 Å². The van der Waals surface area contributed by atoms with Gasteiger partial charge < -0.3 is 18.9 Å². The molecule has 1 amide bonds. The summed E-state index contributed by atoms with van der Waals surface area (Å²) in [5, 5.41) is 0.991. The van der Waals surface area contributed by atoms with Crippen LogP contribution in [-0.4, -0.2) is 33.1 Å². The Morgan fingerprint density at radius 3 is 2.61 bits per heavy atom. The van der Waals surface area contributed by atoms with Crippen molar-refractivity contribution in [1.82, 2.24) is 14.5 Å². The number of hydrogen-bond donors (Lipinski definition) is 0. The molecule has 0 radical (unpaired) electrons. The molecular weight excluding hydrogens is 482 g/mol. The van der Waals surface area contributed by atoms with Gasteiger partial charge in [0.15, 0.2) is 0 Å². The summed E-state index contributed by atoms with van der Waals surface area (Å²) in [6.07, 6.45) is -0.526. The van der Waals surface area contributed by atoms with Crippen LogP contribution >= 0.6 is 0 Å². The van der Waals surface area contributed by atoms with Crippen LogP contribution in [-0.2, 0) is 39.6 Å². The number of ether oxygens (including phenoxy) is 2. The lowest BCUT2D eigenvalue weighted by Gasteiger charge is -2.37. The normalized spacial score (nSPS) is 17.4. The van der Waals surface area contributed by atoms with Crippen LogP contribution in [0.1, 0.15) is 42.5 Å². The lowest BCUT2D eigenvalue weighted by molar-refractivity contribution is -0.173. The van der Waals surface area contributed by atoms with Gasteiger partial charge in [0.05, 0.1) is 29.0 Å². The molecule has 2 aromatic carbocycles. The summed E-state index contributed by atoms with van der Waals surface area (Å²) in [7, 11) is 0. The number of carbonyl (C=O) groups excluding carboxylic acids is 2. The van der Waals surface area contributed by atoms with E-state index in [-0.39, 0.29) is 18.6 Å². The fourth-order valence-corrected chi connectivity index (χ4v) is 5.41. The first-order chi connectivity index (χ1) is 18.4. The van der Waals surface area contributed by atoms with Crippen molar-refractivity contribution < 1.29 is 19.1 Å². The second kappa shape index (κ2) is 9.13. The fraction of sp³-hybridized carbons (Fsp3) is 0.267. The number of fused-ring (bicyclic) bond motifs is 5. The molecular formula is C30H27N3O5. The number of rotatable bonds is 5. The van der Waals surface area contributed by atoms with Crippen molar-refractivity contribution in [3.63, 3.8) is 0 Å². The van der Waals surface area contributed by atoms with E-state index in [2.05, 4.69) is 0 Å². The maximum absolute atomic E-state index is 13.7. The molecule has 0 aliphatic carbocycles. The number of para-hydroxylation sites is 1. The molecule has 4 heterocycles. The average molecular weight is 510 g/mol. The molecule has 0 bridgehead atoms. The Bertz CT molecular complexity index is 1650. The highest BCUT2D eigenvalue weighted by Crippen LogP contribution is 2.41. The number of pyridine rings is 2. The highest BCUT2D eigenvalue weighted by Gasteiger charge is 2.51. The summed E-state index contributed by atoms with van der Waals surface area (Å²) >= 11 is 0. The van der Waals surface area contributed by atoms with Crippen molar-refractivity contribution in [1.29, 1.82) is 0 Å². The molecule has 0 unspecified atom stereocenters. The maximum Gasteiger partial charge on any atom is 0.411 e. The van der Waals surface area contributed by atoms with E-state index in [1.54, 1.807) is 17.6 Å². The minimum Gasteiger partial charge on any atom is -0.457 e. The standard InChI is InChI=1S/C30H27N3O5/c1-3-30(38-29(36)32(4-2)16-19-10-6-5-7-11-19)23-15-25-26-21(14-20-12-8-9-13-24(20)31-26)17-33(25)27(34)22(23)18-37-28(30)35/h5-15H,3-4,16-18H2,1-2H3/t30-/m0/s1. The van der Waals surface area contributed by atoms with Crippen molar-refractivity contribution >= 4 is 23.0 Å². The van der Waals surface area contributed by atoms with E-state index in [4.69, 9.17) is 14.5 Å². The SMILES string of the molecule is CCN(Cc1ccccc1)C(=O)O[C@]1(CC)C(=O)OCc2c1cc1n(c2=O)Cc2cc3ccccc3nc2-1. The van der Waals surface area contributed by atoms with Crippen LogP contribution < -0.4 is 5.56 Å². The molecule has 2 aromatic heterocycles. The van der Waals surface area contributed by atoms with Crippen LogP contribution in [0.4, 0.5) is 4.79 Å². The Kier molecular flexibility index (Phi) is 5.75. The molecule has 4 aromatic rings. The number of cyclic esters (lactones) is 1. The average Bonchev–Trinajstić information content (AvgIpc) is 3.30. The Balaban J connectivity index is 1.44. The fourth-order valence-electron chi connectivity index (χ4n) is 5.41. The minimum atomic E-state index is -1.73. The van der Waals surface area contributed by atoms with Gasteiger partial charge in [0.25, 0.3) is 5.56 Å². The van der Waals surface area contributed by atoms with Gasteiger partial charge in [-0.2, -0.15) is 0 Å². The van der Waals surface area contributed by atoms with Gasteiger partial charge in [-0.1, -0.05) is 55.5 Å². The lowest BCUT2D eigenvalue weighted by atomic mass is 9.85. The van der Waals surface area contributed by atoms with Crippen LogP contribution in [0.2, 0.25) is 0 Å². The second-order valence-electron chi connectivity index (χ2n) is 9.63. The summed E-state index contributed by atoms with van der Waals surface area (Å²) in [4.78, 5) is 46.8. The Hall–Kier alpha value is -4.46. The van der Waals surface area contributed by atoms with Crippen molar-refractivity contribution in [3.8, 4) is 11.4 Å². The summed E-state index contributed by atoms with van der Waals surface area (Å²) in [6.45, 7) is 4.52. The van der Waals surface area contributed by atoms with Crippen molar-refractivity contribution in [2.24, 2.45) is 0 Å². The van der Waals surface area contributed by atoms with Gasteiger partial charge in [-0.15, -0.1) is 0 Å². The van der Waals surface area contributed by atoms with Gasteiger partial charge in [-0.25, -0.2) is 14.6 Å². The first kappa shape index (κ1) is 23.9. The molecule has 1 atom stereocenters. The van der Waals surface area contributed by atoms with E-state index in [9.17, 15) is 14.4 Å². The number of nitrogens with zero attached hydrogens (tertiary/aromatic N) is 3. The van der Waals surface area contributed by atoms with Gasteiger partial charge in [0, 0.05) is 29.6 Å². The second-order valence-corrected chi connectivity index (χ2v) is 9.63. The molecule has 0 saturated carbocycles. The van der Waals surface area contributed by atoms with E-state index in [1.807, 2.05) is 67.6 Å². The topological polar surface area (TPSA) is 90.7 Å². The summed E-state index contributed by atoms with van der Waals surface area (Å²) < 4.78 is 13.1. The third-order valence-corrected chi connectivity index (χ3v) is 7.50. The third-order valence-electron chi connectivity index (χ3n) is 7.50. The molecule has 0 N–H and O–H groups in total. The Morgan fingerprint density at radius 2 is 1.84 bits per heavy atom. The lowest BCUT2D eigenvalue weighted by Crippen LogP contribution is -2.49. The monoisotopic (exact) mass is 509 g/mol. The summed E-state index contributed by atoms with van der Waals surface area (Å²) in [5.74, 6) is -0.675. The molecule has 2 aliphatic rings. The Labute approximate surface area is 219 Å². The first-order valence-corrected chi connectivity index (χ1v) is 12.8. The van der Waals surface area contributed by atoms with Crippen molar-refractivity contribution in [2.45, 2.75) is 45.6 Å². The minimum absolute atomic E-state index is 0.119. The molecule has 8 heteroatoms. The molecule has 2 aliphatic heterocycles. The van der Waals surface area contributed by atoms with E-state index >= 15 is 0 Å². The van der Waals surface area contributed by atoms with E-state index < -0.39 is 17.7 Å². The third kappa shape index (κ3) is 3.67. The predicted molar refractivity (Wildman–Crippen MR) is 141 cm³/mol. The molecule has 8 nitrogen and oxygen atoms in total. The van der Waals surface area contributed by atoms with Gasteiger partial charge >= 0.3 is 12.1 Å². The smallest absolute Gasteiger partial charge is 0.411 e. The number of aromatic nitrogens is 2. The maximum atomic E-state index is 13.7. The van der Waals surface area contributed by atoms with Crippen LogP contribution in [0.5, 0.6) is 0 Å². The highest BCUT2D eigenvalue weighted by molar-refractivity contribution is 5.88. The van der Waals surface area contributed by atoms with Crippen LogP contribution in [0.3, 0.4) is 0 Å². The molecule has 6 rings (SSSR count).